The summed E-state index contributed by atoms with van der Waals surface area (Å²) in [6.07, 6.45) is 7.47. The monoisotopic (exact) mass is 231 g/mol. The van der Waals surface area contributed by atoms with E-state index in [1.165, 1.54) is 19.3 Å². The number of rotatable bonds is 1. The zero-order valence-corrected chi connectivity index (χ0v) is 10.1. The maximum atomic E-state index is 11.6. The van der Waals surface area contributed by atoms with Crippen LogP contribution in [0.3, 0.4) is 0 Å². The fourth-order valence-corrected chi connectivity index (χ4v) is 4.98. The van der Waals surface area contributed by atoms with Crippen molar-refractivity contribution in [2.24, 2.45) is 11.7 Å². The third-order valence-electron chi connectivity index (χ3n) is 4.06. The molecule has 1 aliphatic carbocycles. The second-order valence-electron chi connectivity index (χ2n) is 5.25. The molecule has 0 radical (unpaired) electrons. The van der Waals surface area contributed by atoms with Crippen LogP contribution >= 0.6 is 0 Å². The van der Waals surface area contributed by atoms with E-state index in [0.29, 0.717) is 11.5 Å². The molecule has 0 aromatic heterocycles. The number of hydrogen-bond acceptors (Lipinski definition) is 3. The molecular weight excluding hydrogens is 210 g/mol. The van der Waals surface area contributed by atoms with Crippen LogP contribution in [0.1, 0.15) is 44.9 Å². The molecule has 2 fully saturated rings. The van der Waals surface area contributed by atoms with Crippen LogP contribution in [0.25, 0.3) is 0 Å². The molecule has 0 bridgehead atoms. The van der Waals surface area contributed by atoms with Crippen LogP contribution in [-0.4, -0.2) is 25.5 Å². The van der Waals surface area contributed by atoms with Crippen LogP contribution in [0.4, 0.5) is 0 Å². The fourth-order valence-electron chi connectivity index (χ4n) is 3.09. The lowest BCUT2D eigenvalue weighted by Gasteiger charge is -2.42. The molecule has 88 valence electrons. The molecule has 15 heavy (non-hydrogen) atoms. The van der Waals surface area contributed by atoms with Crippen molar-refractivity contribution in [1.82, 2.24) is 0 Å². The molecule has 0 aromatic carbocycles. The van der Waals surface area contributed by atoms with E-state index in [-0.39, 0.29) is 11.5 Å². The molecule has 3 nitrogen and oxygen atoms in total. The summed E-state index contributed by atoms with van der Waals surface area (Å²) in [7, 11) is -2.80. The van der Waals surface area contributed by atoms with Crippen LogP contribution in [0.2, 0.25) is 0 Å². The van der Waals surface area contributed by atoms with Gasteiger partial charge in [0.15, 0.2) is 9.84 Å². The van der Waals surface area contributed by atoms with Gasteiger partial charge in [0.25, 0.3) is 0 Å². The summed E-state index contributed by atoms with van der Waals surface area (Å²) >= 11 is 0. The predicted octanol–water partition coefficient (Wildman–Crippen LogP) is 1.47. The number of nitrogens with two attached hydrogens (primary N) is 1. The first kappa shape index (κ1) is 11.4. The summed E-state index contributed by atoms with van der Waals surface area (Å²) in [6.45, 7) is 0. The predicted molar refractivity (Wildman–Crippen MR) is 61.4 cm³/mol. The Morgan fingerprint density at radius 2 is 1.73 bits per heavy atom. The zero-order chi connectivity index (χ0) is 10.9. The van der Waals surface area contributed by atoms with Crippen molar-refractivity contribution >= 4 is 9.84 Å². The quantitative estimate of drug-likeness (QED) is 0.743. The number of sulfone groups is 1. The molecule has 1 saturated carbocycles. The van der Waals surface area contributed by atoms with E-state index in [9.17, 15) is 8.42 Å². The lowest BCUT2D eigenvalue weighted by molar-refractivity contribution is 0.197. The lowest BCUT2D eigenvalue weighted by atomic mass is 9.72. The largest absolute Gasteiger partial charge is 0.325 e. The minimum Gasteiger partial charge on any atom is -0.325 e. The molecule has 0 amide bonds. The van der Waals surface area contributed by atoms with Gasteiger partial charge in [-0.15, -0.1) is 0 Å². The van der Waals surface area contributed by atoms with Crippen molar-refractivity contribution in [3.63, 3.8) is 0 Å². The summed E-state index contributed by atoms with van der Waals surface area (Å²) < 4.78 is 23.2. The van der Waals surface area contributed by atoms with Gasteiger partial charge in [0, 0.05) is 5.54 Å². The highest BCUT2D eigenvalue weighted by molar-refractivity contribution is 7.91. The molecule has 2 aliphatic rings. The van der Waals surface area contributed by atoms with Crippen LogP contribution in [0.5, 0.6) is 0 Å². The minimum absolute atomic E-state index is 0.175. The van der Waals surface area contributed by atoms with E-state index in [0.717, 1.165) is 25.7 Å². The Bertz CT molecular complexity index is 317. The first-order valence-electron chi connectivity index (χ1n) is 6.01. The Hall–Kier alpha value is -0.0900. The zero-order valence-electron chi connectivity index (χ0n) is 9.24. The van der Waals surface area contributed by atoms with Crippen LogP contribution in [-0.2, 0) is 9.84 Å². The van der Waals surface area contributed by atoms with Gasteiger partial charge in [-0.25, -0.2) is 8.42 Å². The van der Waals surface area contributed by atoms with Gasteiger partial charge in [0.1, 0.15) is 0 Å². The fraction of sp³-hybridized carbons (Fsp3) is 1.00. The Morgan fingerprint density at radius 3 is 2.33 bits per heavy atom. The van der Waals surface area contributed by atoms with E-state index >= 15 is 0 Å². The standard InChI is InChI=1S/C11H21NO2S/c12-11(6-2-1-3-7-11)10-5-4-8-15(13,14)9-10/h10H,1-9,12H2. The molecule has 2 rings (SSSR count). The maximum Gasteiger partial charge on any atom is 0.150 e. The highest BCUT2D eigenvalue weighted by Gasteiger charge is 2.40. The molecule has 1 aliphatic heterocycles. The third kappa shape index (κ3) is 2.53. The first-order chi connectivity index (χ1) is 7.02. The maximum absolute atomic E-state index is 11.6. The summed E-state index contributed by atoms with van der Waals surface area (Å²) in [4.78, 5) is 0. The third-order valence-corrected chi connectivity index (χ3v) is 5.88. The van der Waals surface area contributed by atoms with Crippen LogP contribution < -0.4 is 5.73 Å². The molecule has 0 spiro atoms. The van der Waals surface area contributed by atoms with Gasteiger partial charge in [0.2, 0.25) is 0 Å². The van der Waals surface area contributed by atoms with Crippen molar-refractivity contribution in [3.05, 3.63) is 0 Å². The van der Waals surface area contributed by atoms with Gasteiger partial charge >= 0.3 is 0 Å². The molecule has 1 atom stereocenters. The summed E-state index contributed by atoms with van der Waals surface area (Å²) in [5.74, 6) is 0.930. The molecule has 2 N–H and O–H groups in total. The van der Waals surface area contributed by atoms with Crippen molar-refractivity contribution in [3.8, 4) is 0 Å². The SMILES string of the molecule is NC1(C2CCCS(=O)(=O)C2)CCCCC1. The first-order valence-corrected chi connectivity index (χ1v) is 7.83. The average Bonchev–Trinajstić information content (AvgIpc) is 2.17. The summed E-state index contributed by atoms with van der Waals surface area (Å²) in [5.41, 5.74) is 6.22. The van der Waals surface area contributed by atoms with E-state index in [4.69, 9.17) is 5.73 Å². The molecule has 0 aromatic rings. The Labute approximate surface area is 92.3 Å². The summed E-state index contributed by atoms with van der Waals surface area (Å²) in [5, 5.41) is 0. The van der Waals surface area contributed by atoms with E-state index < -0.39 is 9.84 Å². The topological polar surface area (TPSA) is 60.2 Å². The van der Waals surface area contributed by atoms with E-state index in [1.54, 1.807) is 0 Å². The van der Waals surface area contributed by atoms with Gasteiger partial charge < -0.3 is 5.73 Å². The van der Waals surface area contributed by atoms with Gasteiger partial charge in [-0.3, -0.25) is 0 Å². The highest BCUT2D eigenvalue weighted by atomic mass is 32.2. The van der Waals surface area contributed by atoms with Crippen LogP contribution in [0, 0.1) is 5.92 Å². The Balaban J connectivity index is 2.08. The average molecular weight is 231 g/mol. The minimum atomic E-state index is -2.80. The van der Waals surface area contributed by atoms with Gasteiger partial charge in [-0.2, -0.15) is 0 Å². The van der Waals surface area contributed by atoms with Crippen molar-refractivity contribution in [2.45, 2.75) is 50.5 Å². The molecule has 1 saturated heterocycles. The Morgan fingerprint density at radius 1 is 1.07 bits per heavy atom. The second-order valence-corrected chi connectivity index (χ2v) is 7.48. The normalized spacial score (nSPS) is 34.9. The second kappa shape index (κ2) is 4.06. The molecular formula is C11H21NO2S. The Kier molecular flexibility index (Phi) is 3.08. The van der Waals surface area contributed by atoms with Crippen molar-refractivity contribution in [2.75, 3.05) is 11.5 Å². The lowest BCUT2D eigenvalue weighted by Crippen LogP contribution is -2.52. The van der Waals surface area contributed by atoms with Crippen molar-refractivity contribution in [1.29, 1.82) is 0 Å². The van der Waals surface area contributed by atoms with Crippen LogP contribution in [0.15, 0.2) is 0 Å². The van der Waals surface area contributed by atoms with Gasteiger partial charge in [-0.1, -0.05) is 19.3 Å². The summed E-state index contributed by atoms with van der Waals surface area (Å²) in [6, 6.07) is 0. The molecule has 4 heteroatoms. The van der Waals surface area contributed by atoms with Gasteiger partial charge in [0.05, 0.1) is 11.5 Å². The highest BCUT2D eigenvalue weighted by Crippen LogP contribution is 2.37. The van der Waals surface area contributed by atoms with Gasteiger partial charge in [-0.05, 0) is 31.6 Å². The van der Waals surface area contributed by atoms with E-state index in [2.05, 4.69) is 0 Å². The number of hydrogen-bond donors (Lipinski definition) is 1. The molecule has 1 unspecified atom stereocenters. The van der Waals surface area contributed by atoms with E-state index in [1.807, 2.05) is 0 Å². The van der Waals surface area contributed by atoms with Crippen molar-refractivity contribution < 1.29 is 8.42 Å². The smallest absolute Gasteiger partial charge is 0.150 e. The molecule has 1 heterocycles.